The van der Waals surface area contributed by atoms with Gasteiger partial charge in [0, 0.05) is 32.1 Å². The summed E-state index contributed by atoms with van der Waals surface area (Å²) in [6.07, 6.45) is 1.94. The Bertz CT molecular complexity index is 650. The topological polar surface area (TPSA) is 85.2 Å². The zero-order chi connectivity index (χ0) is 15.5. The fourth-order valence-corrected chi connectivity index (χ4v) is 2.77. The van der Waals surface area contributed by atoms with Gasteiger partial charge in [0.05, 0.1) is 5.92 Å². The van der Waals surface area contributed by atoms with Crippen molar-refractivity contribution >= 4 is 5.91 Å². The Hall–Kier alpha value is -2.21. The summed E-state index contributed by atoms with van der Waals surface area (Å²) in [6.45, 7) is 3.58. The van der Waals surface area contributed by atoms with Crippen LogP contribution in [0.25, 0.3) is 11.4 Å². The number of amides is 1. The molecular weight excluding hydrogens is 280 g/mol. The van der Waals surface area contributed by atoms with Crippen LogP contribution >= 0.6 is 0 Å². The molecule has 1 aromatic carbocycles. The Morgan fingerprint density at radius 1 is 1.41 bits per heavy atom. The molecule has 0 bridgehead atoms. The molecule has 0 saturated carbocycles. The van der Waals surface area contributed by atoms with Crippen molar-refractivity contribution in [1.82, 2.24) is 15.0 Å². The van der Waals surface area contributed by atoms with Gasteiger partial charge >= 0.3 is 0 Å². The van der Waals surface area contributed by atoms with E-state index in [1.54, 1.807) is 6.92 Å². The summed E-state index contributed by atoms with van der Waals surface area (Å²) in [6, 6.07) is 7.81. The second-order valence-electron chi connectivity index (χ2n) is 5.66. The van der Waals surface area contributed by atoms with Crippen molar-refractivity contribution in [2.24, 2.45) is 5.73 Å². The summed E-state index contributed by atoms with van der Waals surface area (Å²) >= 11 is 0. The van der Waals surface area contributed by atoms with Gasteiger partial charge in [-0.15, -0.1) is 0 Å². The van der Waals surface area contributed by atoms with E-state index in [-0.39, 0.29) is 11.8 Å². The van der Waals surface area contributed by atoms with Crippen LogP contribution < -0.4 is 5.73 Å². The van der Waals surface area contributed by atoms with Gasteiger partial charge in [-0.05, 0) is 18.4 Å². The van der Waals surface area contributed by atoms with Crippen molar-refractivity contribution in [3.8, 4) is 11.4 Å². The Balaban J connectivity index is 1.76. The average molecular weight is 300 g/mol. The lowest BCUT2D eigenvalue weighted by atomic mass is 9.98. The number of carbonyl (C=O) groups is 1. The molecule has 0 aliphatic carbocycles. The molecule has 116 valence electrons. The fourth-order valence-electron chi connectivity index (χ4n) is 2.77. The van der Waals surface area contributed by atoms with Crippen LogP contribution in [0.3, 0.4) is 0 Å². The number of likely N-dealkylation sites (tertiary alicyclic amines) is 1. The molecule has 1 aliphatic heterocycles. The van der Waals surface area contributed by atoms with Gasteiger partial charge in [0.15, 0.2) is 0 Å². The van der Waals surface area contributed by atoms with Gasteiger partial charge in [-0.1, -0.05) is 29.4 Å². The van der Waals surface area contributed by atoms with Gasteiger partial charge in [0.25, 0.3) is 0 Å². The molecule has 2 aromatic rings. The lowest BCUT2D eigenvalue weighted by Crippen LogP contribution is -2.37. The summed E-state index contributed by atoms with van der Waals surface area (Å²) in [5, 5.41) is 4.07. The number of nitrogens with zero attached hydrogens (tertiary/aromatic N) is 3. The SMILES string of the molecule is CC(=O)N1CCCC(c2nc(-c3ccc(CN)cc3)no2)C1. The first-order valence-corrected chi connectivity index (χ1v) is 7.56. The number of rotatable bonds is 3. The van der Waals surface area contributed by atoms with Crippen LogP contribution in [0.5, 0.6) is 0 Å². The molecule has 1 unspecified atom stereocenters. The van der Waals surface area contributed by atoms with E-state index in [2.05, 4.69) is 10.1 Å². The van der Waals surface area contributed by atoms with Crippen LogP contribution in [0.1, 0.15) is 37.1 Å². The molecular formula is C16H20N4O2. The molecule has 1 atom stereocenters. The molecule has 2 N–H and O–H groups in total. The molecule has 6 heteroatoms. The van der Waals surface area contributed by atoms with Gasteiger partial charge in [0.2, 0.25) is 17.6 Å². The first-order chi connectivity index (χ1) is 10.7. The van der Waals surface area contributed by atoms with Crippen LogP contribution in [0.15, 0.2) is 28.8 Å². The molecule has 1 fully saturated rings. The van der Waals surface area contributed by atoms with E-state index in [1.165, 1.54) is 0 Å². The molecule has 1 saturated heterocycles. The van der Waals surface area contributed by atoms with Gasteiger partial charge < -0.3 is 15.2 Å². The van der Waals surface area contributed by atoms with Gasteiger partial charge in [-0.3, -0.25) is 4.79 Å². The summed E-state index contributed by atoms with van der Waals surface area (Å²) in [5.41, 5.74) is 7.57. The average Bonchev–Trinajstić information content (AvgIpc) is 3.05. The maximum atomic E-state index is 11.5. The van der Waals surface area contributed by atoms with Crippen LogP contribution in [0, 0.1) is 0 Å². The quantitative estimate of drug-likeness (QED) is 0.936. The summed E-state index contributed by atoms with van der Waals surface area (Å²) in [5.74, 6) is 1.42. The Kier molecular flexibility index (Phi) is 4.20. The predicted molar refractivity (Wildman–Crippen MR) is 81.9 cm³/mol. The third-order valence-corrected chi connectivity index (χ3v) is 4.11. The Morgan fingerprint density at radius 2 is 2.18 bits per heavy atom. The summed E-state index contributed by atoms with van der Waals surface area (Å²) in [7, 11) is 0. The van der Waals surface area contributed by atoms with Crippen molar-refractivity contribution in [3.05, 3.63) is 35.7 Å². The number of carbonyl (C=O) groups excluding carboxylic acids is 1. The monoisotopic (exact) mass is 300 g/mol. The lowest BCUT2D eigenvalue weighted by molar-refractivity contribution is -0.130. The smallest absolute Gasteiger partial charge is 0.231 e. The van der Waals surface area contributed by atoms with Crippen molar-refractivity contribution in [2.75, 3.05) is 13.1 Å². The number of nitrogens with two attached hydrogens (primary N) is 1. The minimum absolute atomic E-state index is 0.0989. The third kappa shape index (κ3) is 3.01. The zero-order valence-electron chi connectivity index (χ0n) is 12.7. The molecule has 2 heterocycles. The van der Waals surface area contributed by atoms with Crippen LogP contribution in [-0.4, -0.2) is 34.0 Å². The maximum absolute atomic E-state index is 11.5. The highest BCUT2D eigenvalue weighted by Gasteiger charge is 2.27. The molecule has 22 heavy (non-hydrogen) atoms. The molecule has 0 radical (unpaired) electrons. The number of hydrogen-bond acceptors (Lipinski definition) is 5. The number of piperidine rings is 1. The first kappa shape index (κ1) is 14.7. The van der Waals surface area contributed by atoms with E-state index in [0.29, 0.717) is 24.8 Å². The second-order valence-corrected chi connectivity index (χ2v) is 5.66. The van der Waals surface area contributed by atoms with Crippen LogP contribution in [-0.2, 0) is 11.3 Å². The number of hydrogen-bond donors (Lipinski definition) is 1. The largest absolute Gasteiger partial charge is 0.342 e. The third-order valence-electron chi connectivity index (χ3n) is 4.11. The highest BCUT2D eigenvalue weighted by atomic mass is 16.5. The Labute approximate surface area is 129 Å². The number of aromatic nitrogens is 2. The minimum atomic E-state index is 0.0989. The van der Waals surface area contributed by atoms with E-state index in [4.69, 9.17) is 10.3 Å². The van der Waals surface area contributed by atoms with E-state index >= 15 is 0 Å². The van der Waals surface area contributed by atoms with Crippen molar-refractivity contribution in [1.29, 1.82) is 0 Å². The van der Waals surface area contributed by atoms with E-state index < -0.39 is 0 Å². The highest BCUT2D eigenvalue weighted by Crippen LogP contribution is 2.27. The van der Waals surface area contributed by atoms with Crippen LogP contribution in [0.2, 0.25) is 0 Å². The second kappa shape index (κ2) is 6.27. The highest BCUT2D eigenvalue weighted by molar-refractivity contribution is 5.73. The molecule has 6 nitrogen and oxygen atoms in total. The molecule has 1 aliphatic rings. The summed E-state index contributed by atoms with van der Waals surface area (Å²) < 4.78 is 5.42. The van der Waals surface area contributed by atoms with Crippen molar-refractivity contribution in [3.63, 3.8) is 0 Å². The lowest BCUT2D eigenvalue weighted by Gasteiger charge is -2.29. The van der Waals surface area contributed by atoms with E-state index in [1.807, 2.05) is 29.2 Å². The molecule has 0 spiro atoms. The van der Waals surface area contributed by atoms with E-state index in [0.717, 1.165) is 30.5 Å². The van der Waals surface area contributed by atoms with Crippen LogP contribution in [0.4, 0.5) is 0 Å². The first-order valence-electron chi connectivity index (χ1n) is 7.56. The number of benzene rings is 1. The summed E-state index contributed by atoms with van der Waals surface area (Å²) in [4.78, 5) is 17.9. The minimum Gasteiger partial charge on any atom is -0.342 e. The van der Waals surface area contributed by atoms with E-state index in [9.17, 15) is 4.79 Å². The van der Waals surface area contributed by atoms with Gasteiger partial charge in [-0.2, -0.15) is 4.98 Å². The van der Waals surface area contributed by atoms with Crippen molar-refractivity contribution < 1.29 is 9.32 Å². The zero-order valence-corrected chi connectivity index (χ0v) is 12.7. The van der Waals surface area contributed by atoms with Crippen molar-refractivity contribution in [2.45, 2.75) is 32.2 Å². The fraction of sp³-hybridized carbons (Fsp3) is 0.438. The maximum Gasteiger partial charge on any atom is 0.231 e. The normalized spacial score (nSPS) is 18.5. The van der Waals surface area contributed by atoms with Gasteiger partial charge in [-0.25, -0.2) is 0 Å². The molecule has 1 amide bonds. The molecule has 3 rings (SSSR count). The Morgan fingerprint density at radius 3 is 2.86 bits per heavy atom. The molecule has 1 aromatic heterocycles. The predicted octanol–water partition coefficient (Wildman–Crippen LogP) is 1.92. The van der Waals surface area contributed by atoms with Gasteiger partial charge in [0.1, 0.15) is 0 Å². The standard InChI is InChI=1S/C16H20N4O2/c1-11(21)20-8-2-3-14(10-20)16-18-15(19-22-16)13-6-4-12(9-17)5-7-13/h4-7,14H,2-3,8-10,17H2,1H3.